The molecule has 2 nitrogen and oxygen atoms in total. The van der Waals surface area contributed by atoms with Crippen molar-refractivity contribution in [3.63, 3.8) is 0 Å². The summed E-state index contributed by atoms with van der Waals surface area (Å²) in [5.41, 5.74) is 0.895. The maximum atomic E-state index is 13.5. The minimum absolute atomic E-state index is 0.245. The van der Waals surface area contributed by atoms with Crippen LogP contribution in [-0.4, -0.2) is 12.2 Å². The highest BCUT2D eigenvalue weighted by Crippen LogP contribution is 2.26. The molecule has 0 amide bonds. The Hall–Kier alpha value is -1.68. The molecule has 4 heteroatoms. The van der Waals surface area contributed by atoms with Crippen LogP contribution < -0.4 is 4.74 Å². The first-order chi connectivity index (χ1) is 8.69. The Morgan fingerprint density at radius 1 is 1.17 bits per heavy atom. The number of thioether (sulfide) groups is 1. The standard InChI is InChI=1S/C14H13FO2S/c1-17-14-7-2-10(8-13(14)15)9-18-12-5-3-11(16)4-6-12/h2-8,16H,9H2,1H3. The molecule has 94 valence electrons. The highest BCUT2D eigenvalue weighted by molar-refractivity contribution is 7.98. The van der Waals surface area contributed by atoms with Crippen molar-refractivity contribution in [3.05, 3.63) is 53.8 Å². The summed E-state index contributed by atoms with van der Waals surface area (Å²) < 4.78 is 18.3. The third-order valence-corrected chi connectivity index (χ3v) is 3.54. The average Bonchev–Trinajstić information content (AvgIpc) is 2.38. The monoisotopic (exact) mass is 264 g/mol. The molecule has 0 radical (unpaired) electrons. The second kappa shape index (κ2) is 5.78. The topological polar surface area (TPSA) is 29.5 Å². The van der Waals surface area contributed by atoms with E-state index >= 15 is 0 Å². The van der Waals surface area contributed by atoms with Crippen molar-refractivity contribution in [2.75, 3.05) is 7.11 Å². The Morgan fingerprint density at radius 3 is 2.50 bits per heavy atom. The smallest absolute Gasteiger partial charge is 0.165 e. The van der Waals surface area contributed by atoms with Gasteiger partial charge in [0.1, 0.15) is 5.75 Å². The number of methoxy groups -OCH3 is 1. The molecule has 0 aromatic heterocycles. The van der Waals surface area contributed by atoms with Gasteiger partial charge in [0.2, 0.25) is 0 Å². The van der Waals surface area contributed by atoms with Crippen LogP contribution in [0.25, 0.3) is 0 Å². The van der Waals surface area contributed by atoms with Crippen molar-refractivity contribution < 1.29 is 14.2 Å². The molecule has 0 aliphatic rings. The van der Waals surface area contributed by atoms with Gasteiger partial charge in [-0.3, -0.25) is 0 Å². The fraction of sp³-hybridized carbons (Fsp3) is 0.143. The van der Waals surface area contributed by atoms with Crippen molar-refractivity contribution in [2.45, 2.75) is 10.6 Å². The maximum Gasteiger partial charge on any atom is 0.165 e. The summed E-state index contributed by atoms with van der Waals surface area (Å²) in [6.07, 6.45) is 0. The number of phenols is 1. The molecule has 0 unspecified atom stereocenters. The second-order valence-electron chi connectivity index (χ2n) is 3.75. The Balaban J connectivity index is 2.02. The quantitative estimate of drug-likeness (QED) is 0.851. The van der Waals surface area contributed by atoms with E-state index in [2.05, 4.69) is 0 Å². The number of halogens is 1. The second-order valence-corrected chi connectivity index (χ2v) is 4.80. The van der Waals surface area contributed by atoms with E-state index in [1.165, 1.54) is 13.2 Å². The van der Waals surface area contributed by atoms with Crippen LogP contribution >= 0.6 is 11.8 Å². The van der Waals surface area contributed by atoms with E-state index in [-0.39, 0.29) is 17.3 Å². The molecule has 1 N–H and O–H groups in total. The Kier molecular flexibility index (Phi) is 4.10. The van der Waals surface area contributed by atoms with Gasteiger partial charge in [-0.2, -0.15) is 0 Å². The predicted molar refractivity (Wildman–Crippen MR) is 70.6 cm³/mol. The van der Waals surface area contributed by atoms with E-state index in [4.69, 9.17) is 9.84 Å². The molecular formula is C14H13FO2S. The minimum Gasteiger partial charge on any atom is -0.508 e. The van der Waals surface area contributed by atoms with Crippen LogP contribution in [0.4, 0.5) is 4.39 Å². The number of ether oxygens (including phenoxy) is 1. The summed E-state index contributed by atoms with van der Waals surface area (Å²) in [4.78, 5) is 1.03. The van der Waals surface area contributed by atoms with Gasteiger partial charge in [-0.15, -0.1) is 11.8 Å². The zero-order valence-electron chi connectivity index (χ0n) is 9.89. The molecule has 0 heterocycles. The van der Waals surface area contributed by atoms with Crippen LogP contribution in [0.3, 0.4) is 0 Å². The zero-order chi connectivity index (χ0) is 13.0. The fourth-order valence-corrected chi connectivity index (χ4v) is 2.35. The lowest BCUT2D eigenvalue weighted by molar-refractivity contribution is 0.386. The average molecular weight is 264 g/mol. The fourth-order valence-electron chi connectivity index (χ4n) is 1.51. The Labute approximate surface area is 109 Å². The number of aromatic hydroxyl groups is 1. The van der Waals surface area contributed by atoms with Crippen LogP contribution in [0, 0.1) is 5.82 Å². The molecule has 0 atom stereocenters. The molecule has 0 aliphatic heterocycles. The highest BCUT2D eigenvalue weighted by atomic mass is 32.2. The summed E-state index contributed by atoms with van der Waals surface area (Å²) in [5.74, 6) is 0.829. The van der Waals surface area contributed by atoms with Crippen LogP contribution in [0.2, 0.25) is 0 Å². The zero-order valence-corrected chi connectivity index (χ0v) is 10.7. The van der Waals surface area contributed by atoms with Gasteiger partial charge >= 0.3 is 0 Å². The largest absolute Gasteiger partial charge is 0.508 e. The van der Waals surface area contributed by atoms with E-state index in [1.54, 1.807) is 30.0 Å². The van der Waals surface area contributed by atoms with Gasteiger partial charge in [-0.25, -0.2) is 4.39 Å². The lowest BCUT2D eigenvalue weighted by Crippen LogP contribution is -1.89. The number of rotatable bonds is 4. The molecule has 0 spiro atoms. The lowest BCUT2D eigenvalue weighted by atomic mass is 10.2. The van der Waals surface area contributed by atoms with E-state index in [0.29, 0.717) is 5.75 Å². The maximum absolute atomic E-state index is 13.5. The highest BCUT2D eigenvalue weighted by Gasteiger charge is 2.04. The number of hydrogen-bond donors (Lipinski definition) is 1. The van der Waals surface area contributed by atoms with Crippen LogP contribution in [0.5, 0.6) is 11.5 Å². The van der Waals surface area contributed by atoms with E-state index in [9.17, 15) is 4.39 Å². The van der Waals surface area contributed by atoms with Gasteiger partial charge < -0.3 is 9.84 Å². The first-order valence-corrected chi connectivity index (χ1v) is 6.42. The molecule has 18 heavy (non-hydrogen) atoms. The number of benzene rings is 2. The molecular weight excluding hydrogens is 251 g/mol. The van der Waals surface area contributed by atoms with Gasteiger partial charge in [0.25, 0.3) is 0 Å². The number of hydrogen-bond acceptors (Lipinski definition) is 3. The van der Waals surface area contributed by atoms with Crippen molar-refractivity contribution in [1.29, 1.82) is 0 Å². The minimum atomic E-state index is -0.346. The Morgan fingerprint density at radius 2 is 1.89 bits per heavy atom. The van der Waals surface area contributed by atoms with Gasteiger partial charge in [0, 0.05) is 10.6 Å². The predicted octanol–water partition coefficient (Wildman–Crippen LogP) is 3.83. The van der Waals surface area contributed by atoms with Gasteiger partial charge in [-0.05, 0) is 42.0 Å². The molecule has 2 rings (SSSR count). The summed E-state index contributed by atoms with van der Waals surface area (Å²) in [6, 6.07) is 11.9. The van der Waals surface area contributed by atoms with Crippen molar-refractivity contribution in [3.8, 4) is 11.5 Å². The molecule has 2 aromatic rings. The molecule has 2 aromatic carbocycles. The van der Waals surface area contributed by atoms with Gasteiger partial charge in [0.15, 0.2) is 11.6 Å². The normalized spacial score (nSPS) is 10.3. The van der Waals surface area contributed by atoms with Gasteiger partial charge in [0.05, 0.1) is 7.11 Å². The van der Waals surface area contributed by atoms with Crippen LogP contribution in [0.15, 0.2) is 47.4 Å². The molecule has 0 saturated heterocycles. The van der Waals surface area contributed by atoms with Crippen LogP contribution in [0.1, 0.15) is 5.56 Å². The third kappa shape index (κ3) is 3.17. The summed E-state index contributed by atoms with van der Waals surface area (Å²) in [7, 11) is 1.45. The molecule has 0 bridgehead atoms. The summed E-state index contributed by atoms with van der Waals surface area (Å²) in [5, 5.41) is 9.16. The van der Waals surface area contributed by atoms with Crippen LogP contribution in [-0.2, 0) is 5.75 Å². The first-order valence-electron chi connectivity index (χ1n) is 5.43. The van der Waals surface area contributed by atoms with E-state index in [1.807, 2.05) is 18.2 Å². The van der Waals surface area contributed by atoms with E-state index in [0.717, 1.165) is 10.5 Å². The van der Waals surface area contributed by atoms with E-state index < -0.39 is 0 Å². The summed E-state index contributed by atoms with van der Waals surface area (Å²) in [6.45, 7) is 0. The first kappa shape index (κ1) is 12.8. The third-order valence-electron chi connectivity index (χ3n) is 2.46. The Bertz CT molecular complexity index is 526. The molecule has 0 saturated carbocycles. The van der Waals surface area contributed by atoms with Crippen molar-refractivity contribution in [1.82, 2.24) is 0 Å². The SMILES string of the molecule is COc1ccc(CSc2ccc(O)cc2)cc1F. The van der Waals surface area contributed by atoms with Gasteiger partial charge in [-0.1, -0.05) is 6.07 Å². The van der Waals surface area contributed by atoms with Crippen molar-refractivity contribution >= 4 is 11.8 Å². The number of phenolic OH excluding ortho intramolecular Hbond substituents is 1. The molecule has 0 aliphatic carbocycles. The lowest BCUT2D eigenvalue weighted by Gasteiger charge is -2.05. The summed E-state index contributed by atoms with van der Waals surface area (Å²) >= 11 is 1.59. The van der Waals surface area contributed by atoms with Crippen molar-refractivity contribution in [2.24, 2.45) is 0 Å². The molecule has 0 fully saturated rings.